The SMILES string of the molecule is O=C(NCCNC(=O)C1Cc2ccccc2S1)c1cc(F)c(OC2CCC(C(=O)O)CC2)cc1F. The molecular formula is C25H26F2N2O5S. The Bertz CT molecular complexity index is 1100. The molecule has 3 N–H and O–H groups in total. The van der Waals surface area contributed by atoms with Gasteiger partial charge in [-0.05, 0) is 49.8 Å². The van der Waals surface area contributed by atoms with E-state index in [9.17, 15) is 23.2 Å². The van der Waals surface area contributed by atoms with Crippen molar-refractivity contribution in [3.05, 3.63) is 59.2 Å². The molecule has 186 valence electrons. The van der Waals surface area contributed by atoms with Crippen LogP contribution in [0.5, 0.6) is 5.75 Å². The molecule has 4 rings (SSSR count). The number of thioether (sulfide) groups is 1. The molecule has 1 unspecified atom stereocenters. The summed E-state index contributed by atoms with van der Waals surface area (Å²) in [5.41, 5.74) is 0.668. The summed E-state index contributed by atoms with van der Waals surface area (Å²) in [5, 5.41) is 14.1. The number of rotatable bonds is 8. The molecule has 1 fully saturated rings. The smallest absolute Gasteiger partial charge is 0.306 e. The van der Waals surface area contributed by atoms with Crippen LogP contribution in [-0.2, 0) is 16.0 Å². The molecule has 7 nitrogen and oxygen atoms in total. The lowest BCUT2D eigenvalue weighted by Gasteiger charge is -2.27. The Labute approximate surface area is 205 Å². The van der Waals surface area contributed by atoms with Gasteiger partial charge in [-0.3, -0.25) is 14.4 Å². The molecule has 2 aromatic rings. The summed E-state index contributed by atoms with van der Waals surface area (Å²) in [6, 6.07) is 9.44. The lowest BCUT2D eigenvalue weighted by atomic mass is 9.87. The van der Waals surface area contributed by atoms with E-state index < -0.39 is 41.1 Å². The lowest BCUT2D eigenvalue weighted by molar-refractivity contribution is -0.143. The summed E-state index contributed by atoms with van der Waals surface area (Å²) in [6.07, 6.45) is 1.91. The summed E-state index contributed by atoms with van der Waals surface area (Å²) < 4.78 is 34.6. The Hall–Kier alpha value is -3.14. The second-order valence-corrected chi connectivity index (χ2v) is 9.90. The third-order valence-corrected chi connectivity index (χ3v) is 7.55. The first-order chi connectivity index (χ1) is 16.8. The number of aliphatic carboxylic acids is 1. The van der Waals surface area contributed by atoms with Crippen molar-refractivity contribution in [1.82, 2.24) is 10.6 Å². The first-order valence-corrected chi connectivity index (χ1v) is 12.4. The second kappa shape index (κ2) is 11.1. The fraction of sp³-hybridized carbons (Fsp3) is 0.400. The summed E-state index contributed by atoms with van der Waals surface area (Å²) >= 11 is 1.50. The molecule has 2 aromatic carbocycles. The number of carbonyl (C=O) groups excluding carboxylic acids is 2. The van der Waals surface area contributed by atoms with Crippen molar-refractivity contribution in [3.63, 3.8) is 0 Å². The molecule has 1 aliphatic heterocycles. The Morgan fingerprint density at radius 2 is 1.71 bits per heavy atom. The number of fused-ring (bicyclic) bond motifs is 1. The summed E-state index contributed by atoms with van der Waals surface area (Å²) in [5.74, 6) is -4.35. The maximum atomic E-state index is 14.5. The standard InChI is InChI=1S/C25H26F2N2O5S/c26-18-13-20(34-16-7-5-14(6-8-16)25(32)33)19(27)12-17(18)23(30)28-9-10-29-24(31)22-11-15-3-1-2-4-21(15)35-22/h1-4,12-14,16,22H,5-11H2,(H,28,30)(H,29,31)(H,32,33). The highest BCUT2D eigenvalue weighted by atomic mass is 32.2. The van der Waals surface area contributed by atoms with Gasteiger partial charge in [-0.1, -0.05) is 18.2 Å². The fourth-order valence-electron chi connectivity index (χ4n) is 4.30. The van der Waals surface area contributed by atoms with Gasteiger partial charge >= 0.3 is 5.97 Å². The molecule has 1 aliphatic carbocycles. The van der Waals surface area contributed by atoms with Crippen molar-refractivity contribution in [2.45, 2.75) is 48.4 Å². The molecule has 1 saturated carbocycles. The molecule has 0 saturated heterocycles. The first-order valence-electron chi connectivity index (χ1n) is 11.5. The maximum absolute atomic E-state index is 14.5. The molecule has 1 atom stereocenters. The Morgan fingerprint density at radius 3 is 2.43 bits per heavy atom. The van der Waals surface area contributed by atoms with Gasteiger partial charge in [-0.2, -0.15) is 0 Å². The number of carboxylic acids is 1. The van der Waals surface area contributed by atoms with Crippen LogP contribution < -0.4 is 15.4 Å². The van der Waals surface area contributed by atoms with E-state index in [1.807, 2.05) is 24.3 Å². The minimum absolute atomic E-state index is 0.0566. The highest BCUT2D eigenvalue weighted by molar-refractivity contribution is 8.01. The van der Waals surface area contributed by atoms with E-state index in [0.717, 1.165) is 22.6 Å². The lowest BCUT2D eigenvalue weighted by Crippen LogP contribution is -2.38. The van der Waals surface area contributed by atoms with Crippen LogP contribution in [0.2, 0.25) is 0 Å². The molecule has 0 aromatic heterocycles. The average molecular weight is 505 g/mol. The first kappa shape index (κ1) is 25.0. The number of amides is 2. The zero-order valence-corrected chi connectivity index (χ0v) is 19.7. The fourth-order valence-corrected chi connectivity index (χ4v) is 5.52. The van der Waals surface area contributed by atoms with Crippen LogP contribution in [0, 0.1) is 17.6 Å². The molecular weight excluding hydrogens is 478 g/mol. The number of ether oxygens (including phenoxy) is 1. The minimum atomic E-state index is -0.928. The molecule has 2 amide bonds. The Kier molecular flexibility index (Phi) is 7.90. The van der Waals surface area contributed by atoms with Gasteiger partial charge in [0.1, 0.15) is 5.82 Å². The molecule has 10 heteroatoms. The van der Waals surface area contributed by atoms with Crippen LogP contribution in [0.1, 0.15) is 41.6 Å². The van der Waals surface area contributed by atoms with Crippen LogP contribution >= 0.6 is 11.8 Å². The molecule has 2 aliphatic rings. The van der Waals surface area contributed by atoms with E-state index in [1.165, 1.54) is 11.8 Å². The third kappa shape index (κ3) is 6.11. The van der Waals surface area contributed by atoms with E-state index >= 15 is 0 Å². The van der Waals surface area contributed by atoms with Crippen molar-refractivity contribution in [2.75, 3.05) is 13.1 Å². The van der Waals surface area contributed by atoms with Gasteiger partial charge in [0.2, 0.25) is 5.91 Å². The zero-order chi connectivity index (χ0) is 24.9. The number of halogens is 2. The molecule has 35 heavy (non-hydrogen) atoms. The predicted molar refractivity (Wildman–Crippen MR) is 126 cm³/mol. The highest BCUT2D eigenvalue weighted by Crippen LogP contribution is 2.36. The van der Waals surface area contributed by atoms with E-state index in [2.05, 4.69) is 10.6 Å². The Balaban J connectivity index is 1.23. The minimum Gasteiger partial charge on any atom is -0.487 e. The van der Waals surface area contributed by atoms with Crippen molar-refractivity contribution in [2.24, 2.45) is 5.92 Å². The largest absolute Gasteiger partial charge is 0.487 e. The number of hydrogen-bond donors (Lipinski definition) is 3. The van der Waals surface area contributed by atoms with Gasteiger partial charge in [-0.25, -0.2) is 8.78 Å². The van der Waals surface area contributed by atoms with Gasteiger partial charge < -0.3 is 20.5 Å². The number of carboxylic acid groups (broad SMARTS) is 1. The second-order valence-electron chi connectivity index (χ2n) is 8.66. The number of hydrogen-bond acceptors (Lipinski definition) is 5. The topological polar surface area (TPSA) is 105 Å². The van der Waals surface area contributed by atoms with Crippen LogP contribution in [-0.4, -0.2) is 47.3 Å². The molecule has 0 bridgehead atoms. The van der Waals surface area contributed by atoms with Crippen LogP contribution in [0.15, 0.2) is 41.3 Å². The van der Waals surface area contributed by atoms with E-state index in [0.29, 0.717) is 32.1 Å². The van der Waals surface area contributed by atoms with Gasteiger partial charge in [0, 0.05) is 24.1 Å². The van der Waals surface area contributed by atoms with Crippen molar-refractivity contribution < 1.29 is 33.0 Å². The summed E-state index contributed by atoms with van der Waals surface area (Å²) in [6.45, 7) is 0.212. The van der Waals surface area contributed by atoms with Gasteiger partial charge in [0.25, 0.3) is 5.91 Å². The highest BCUT2D eigenvalue weighted by Gasteiger charge is 2.29. The van der Waals surface area contributed by atoms with Gasteiger partial charge in [-0.15, -0.1) is 11.8 Å². The predicted octanol–water partition coefficient (Wildman–Crippen LogP) is 3.55. The van der Waals surface area contributed by atoms with E-state index in [4.69, 9.17) is 9.84 Å². The quantitative estimate of drug-likeness (QED) is 0.475. The summed E-state index contributed by atoms with van der Waals surface area (Å²) in [7, 11) is 0. The van der Waals surface area contributed by atoms with E-state index in [1.54, 1.807) is 0 Å². The van der Waals surface area contributed by atoms with Gasteiger partial charge in [0.15, 0.2) is 11.6 Å². The Morgan fingerprint density at radius 1 is 1.00 bits per heavy atom. The van der Waals surface area contributed by atoms with Crippen molar-refractivity contribution >= 4 is 29.5 Å². The monoisotopic (exact) mass is 504 g/mol. The molecule has 0 spiro atoms. The average Bonchev–Trinajstić information content (AvgIpc) is 3.28. The third-order valence-electron chi connectivity index (χ3n) is 6.23. The number of carbonyl (C=O) groups is 3. The van der Waals surface area contributed by atoms with Crippen LogP contribution in [0.4, 0.5) is 8.78 Å². The number of nitrogens with one attached hydrogen (secondary N) is 2. The van der Waals surface area contributed by atoms with Gasteiger partial charge in [0.05, 0.1) is 22.8 Å². The van der Waals surface area contributed by atoms with Crippen LogP contribution in [0.3, 0.4) is 0 Å². The maximum Gasteiger partial charge on any atom is 0.306 e. The van der Waals surface area contributed by atoms with Crippen molar-refractivity contribution in [3.8, 4) is 5.75 Å². The molecule has 1 heterocycles. The normalized spacial score (nSPS) is 21.1. The van der Waals surface area contributed by atoms with E-state index in [-0.39, 0.29) is 30.0 Å². The van der Waals surface area contributed by atoms with Crippen LogP contribution in [0.25, 0.3) is 0 Å². The molecule has 0 radical (unpaired) electrons. The number of benzene rings is 2. The van der Waals surface area contributed by atoms with Crippen molar-refractivity contribution in [1.29, 1.82) is 0 Å². The zero-order valence-electron chi connectivity index (χ0n) is 18.9. The summed E-state index contributed by atoms with van der Waals surface area (Å²) in [4.78, 5) is 36.8.